The van der Waals surface area contributed by atoms with Crippen molar-refractivity contribution in [3.8, 4) is 11.8 Å². The minimum atomic E-state index is -0.462. The average Bonchev–Trinajstić information content (AvgIpc) is 3.09. The van der Waals surface area contributed by atoms with E-state index < -0.39 is 5.56 Å². The van der Waals surface area contributed by atoms with Crippen molar-refractivity contribution >= 4 is 29.3 Å². The number of aromatic nitrogens is 3. The smallest absolute Gasteiger partial charge is 0.284 e. The van der Waals surface area contributed by atoms with Gasteiger partial charge in [-0.15, -0.1) is 5.10 Å². The molecule has 0 saturated carbocycles. The number of benzene rings is 1. The highest BCUT2D eigenvalue weighted by atomic mass is 32.2. The minimum Gasteiger partial charge on any atom is -0.411 e. The SMILES string of the molecule is CCSc1nn2c(=O)c(/C=N/O)c(NCC(C)C)c(C#N)c2n1-c1ccccc1. The van der Waals surface area contributed by atoms with Crippen LogP contribution in [0, 0.1) is 17.2 Å². The van der Waals surface area contributed by atoms with Crippen LogP contribution in [0.1, 0.15) is 31.9 Å². The Bertz CT molecular complexity index is 1140. The van der Waals surface area contributed by atoms with Gasteiger partial charge in [-0.3, -0.25) is 9.36 Å². The summed E-state index contributed by atoms with van der Waals surface area (Å²) in [5.41, 5.74) is 1.41. The summed E-state index contributed by atoms with van der Waals surface area (Å²) in [6, 6.07) is 11.7. The van der Waals surface area contributed by atoms with E-state index in [0.717, 1.165) is 17.7 Å². The summed E-state index contributed by atoms with van der Waals surface area (Å²) < 4.78 is 3.02. The Kier molecular flexibility index (Phi) is 6.24. The van der Waals surface area contributed by atoms with E-state index in [4.69, 9.17) is 5.21 Å². The third-order valence-corrected chi connectivity index (χ3v) is 5.04. The van der Waals surface area contributed by atoms with Crippen LogP contribution in [0.3, 0.4) is 0 Å². The molecule has 0 unspecified atom stereocenters. The molecule has 3 aromatic rings. The Balaban J connectivity index is 2.46. The second-order valence-corrected chi connectivity index (χ2v) is 7.95. The molecule has 2 heterocycles. The predicted octanol–water partition coefficient (Wildman–Crippen LogP) is 3.34. The fourth-order valence-electron chi connectivity index (χ4n) is 3.00. The van der Waals surface area contributed by atoms with Gasteiger partial charge in [0.05, 0.1) is 17.5 Å². The third kappa shape index (κ3) is 3.84. The molecule has 0 aliphatic rings. The van der Waals surface area contributed by atoms with E-state index in [1.807, 2.05) is 55.7 Å². The van der Waals surface area contributed by atoms with Gasteiger partial charge in [-0.1, -0.05) is 55.9 Å². The van der Waals surface area contributed by atoms with Crippen molar-refractivity contribution < 1.29 is 5.21 Å². The number of thioether (sulfide) groups is 1. The van der Waals surface area contributed by atoms with Crippen molar-refractivity contribution in [2.24, 2.45) is 11.1 Å². The van der Waals surface area contributed by atoms with E-state index >= 15 is 0 Å². The molecule has 9 heteroatoms. The summed E-state index contributed by atoms with van der Waals surface area (Å²) in [7, 11) is 0. The number of nitrogens with zero attached hydrogens (tertiary/aromatic N) is 5. The second kappa shape index (κ2) is 8.84. The summed E-state index contributed by atoms with van der Waals surface area (Å²) in [5.74, 6) is 1.03. The van der Waals surface area contributed by atoms with Crippen molar-refractivity contribution in [3.63, 3.8) is 0 Å². The number of fused-ring (bicyclic) bond motifs is 1. The van der Waals surface area contributed by atoms with Crippen LogP contribution >= 0.6 is 11.8 Å². The Hall–Kier alpha value is -3.25. The largest absolute Gasteiger partial charge is 0.411 e. The fourth-order valence-corrected chi connectivity index (χ4v) is 3.71. The molecule has 29 heavy (non-hydrogen) atoms. The summed E-state index contributed by atoms with van der Waals surface area (Å²) in [6.45, 7) is 6.59. The maximum atomic E-state index is 13.2. The lowest BCUT2D eigenvalue weighted by Crippen LogP contribution is -2.24. The van der Waals surface area contributed by atoms with Gasteiger partial charge in [-0.25, -0.2) is 0 Å². The number of para-hydroxylation sites is 1. The lowest BCUT2D eigenvalue weighted by Gasteiger charge is -2.15. The topological polar surface area (TPSA) is 108 Å². The van der Waals surface area contributed by atoms with E-state index in [9.17, 15) is 10.1 Å². The number of nitriles is 1. The molecule has 0 aliphatic carbocycles. The predicted molar refractivity (Wildman–Crippen MR) is 115 cm³/mol. The molecule has 3 rings (SSSR count). The Morgan fingerprint density at radius 1 is 1.38 bits per heavy atom. The molecular weight excluding hydrogens is 388 g/mol. The lowest BCUT2D eigenvalue weighted by atomic mass is 10.1. The van der Waals surface area contributed by atoms with Gasteiger partial charge in [0.25, 0.3) is 5.56 Å². The number of anilines is 1. The van der Waals surface area contributed by atoms with Crippen LogP contribution in [0.5, 0.6) is 0 Å². The molecule has 0 aliphatic heterocycles. The normalized spacial score (nSPS) is 11.4. The molecule has 8 nitrogen and oxygen atoms in total. The molecule has 0 fully saturated rings. The maximum Gasteiger partial charge on any atom is 0.284 e. The number of nitrogens with one attached hydrogen (secondary N) is 1. The van der Waals surface area contributed by atoms with Gasteiger partial charge in [-0.05, 0) is 23.8 Å². The van der Waals surface area contributed by atoms with E-state index in [-0.39, 0.29) is 17.0 Å². The Morgan fingerprint density at radius 3 is 2.69 bits per heavy atom. The highest BCUT2D eigenvalue weighted by Crippen LogP contribution is 2.29. The van der Waals surface area contributed by atoms with E-state index in [1.165, 1.54) is 16.3 Å². The third-order valence-electron chi connectivity index (χ3n) is 4.23. The fraction of sp³-hybridized carbons (Fsp3) is 0.300. The monoisotopic (exact) mass is 410 g/mol. The Morgan fingerprint density at radius 2 is 2.10 bits per heavy atom. The molecule has 0 saturated heterocycles. The van der Waals surface area contributed by atoms with Gasteiger partial charge in [0.2, 0.25) is 0 Å². The van der Waals surface area contributed by atoms with Crippen molar-refractivity contribution in [2.75, 3.05) is 17.6 Å². The zero-order valence-corrected chi connectivity index (χ0v) is 17.3. The molecule has 0 radical (unpaired) electrons. The minimum absolute atomic E-state index is 0.0907. The van der Waals surface area contributed by atoms with Gasteiger partial charge in [-0.2, -0.15) is 9.78 Å². The first-order valence-corrected chi connectivity index (χ1v) is 10.2. The molecule has 1 aromatic carbocycles. The van der Waals surface area contributed by atoms with Gasteiger partial charge in [0, 0.05) is 12.2 Å². The van der Waals surface area contributed by atoms with Crippen molar-refractivity contribution in [1.82, 2.24) is 14.2 Å². The highest BCUT2D eigenvalue weighted by Gasteiger charge is 2.24. The van der Waals surface area contributed by atoms with Gasteiger partial charge >= 0.3 is 0 Å². The highest BCUT2D eigenvalue weighted by molar-refractivity contribution is 7.99. The summed E-state index contributed by atoms with van der Waals surface area (Å²) in [5, 5.41) is 30.4. The standard InChI is InChI=1S/C20H22N6O2S/c1-4-29-20-24-26-18(25(20)14-8-6-5-7-9-14)15(10-21)17(22-11-13(2)3)16(12-23-28)19(26)27/h5-9,12-13,22,28H,4,11H2,1-3H3/b23-12+. The number of pyridine rings is 1. The molecule has 0 spiro atoms. The lowest BCUT2D eigenvalue weighted by molar-refractivity contribution is 0.322. The van der Waals surface area contributed by atoms with Crippen molar-refractivity contribution in [3.05, 3.63) is 51.8 Å². The summed E-state index contributed by atoms with van der Waals surface area (Å²) >= 11 is 1.47. The average molecular weight is 411 g/mol. The van der Waals surface area contributed by atoms with Crippen LogP contribution in [0.2, 0.25) is 0 Å². The molecule has 0 amide bonds. The van der Waals surface area contributed by atoms with E-state index in [0.29, 0.717) is 23.0 Å². The first-order chi connectivity index (χ1) is 14.0. The zero-order valence-electron chi connectivity index (χ0n) is 16.5. The van der Waals surface area contributed by atoms with Gasteiger partial charge < -0.3 is 10.5 Å². The zero-order chi connectivity index (χ0) is 21.0. The number of hydrogen-bond acceptors (Lipinski definition) is 7. The van der Waals surface area contributed by atoms with Crippen LogP contribution in [-0.2, 0) is 0 Å². The molecular formula is C20H22N6O2S. The van der Waals surface area contributed by atoms with Crippen LogP contribution in [0.4, 0.5) is 5.69 Å². The van der Waals surface area contributed by atoms with Crippen molar-refractivity contribution in [1.29, 1.82) is 5.26 Å². The quantitative estimate of drug-likeness (QED) is 0.268. The molecule has 2 aromatic heterocycles. The second-order valence-electron chi connectivity index (χ2n) is 6.72. The van der Waals surface area contributed by atoms with Crippen LogP contribution in [0.15, 0.2) is 45.4 Å². The van der Waals surface area contributed by atoms with Crippen LogP contribution in [0.25, 0.3) is 11.3 Å². The molecule has 0 bridgehead atoms. The first-order valence-electron chi connectivity index (χ1n) is 9.24. The summed E-state index contributed by atoms with van der Waals surface area (Å²) in [4.78, 5) is 13.2. The van der Waals surface area contributed by atoms with Gasteiger partial charge in [0.1, 0.15) is 11.6 Å². The molecule has 150 valence electrons. The molecule has 2 N–H and O–H groups in total. The molecule has 0 atom stereocenters. The van der Waals surface area contributed by atoms with Gasteiger partial charge in [0.15, 0.2) is 10.8 Å². The van der Waals surface area contributed by atoms with E-state index in [1.54, 1.807) is 0 Å². The summed E-state index contributed by atoms with van der Waals surface area (Å²) in [6.07, 6.45) is 1.05. The Labute approximate surface area is 172 Å². The number of oxime groups is 1. The van der Waals surface area contributed by atoms with Crippen LogP contribution < -0.4 is 10.9 Å². The first kappa shape index (κ1) is 20.5. The number of hydrogen-bond donors (Lipinski definition) is 2. The van der Waals surface area contributed by atoms with Crippen molar-refractivity contribution in [2.45, 2.75) is 25.9 Å². The maximum absolute atomic E-state index is 13.2. The number of rotatable bonds is 7. The van der Waals surface area contributed by atoms with E-state index in [2.05, 4.69) is 21.6 Å². The van der Waals surface area contributed by atoms with Crippen LogP contribution in [-0.4, -0.2) is 37.9 Å².